The van der Waals surface area contributed by atoms with Crippen molar-refractivity contribution in [2.45, 2.75) is 19.4 Å². The second-order valence-electron chi connectivity index (χ2n) is 4.94. The number of amidine groups is 1. The highest BCUT2D eigenvalue weighted by molar-refractivity contribution is 6.45. The maximum absolute atomic E-state index is 11.9. The molecule has 20 heavy (non-hydrogen) atoms. The molecule has 1 aliphatic rings. The number of anilines is 1. The van der Waals surface area contributed by atoms with Crippen LogP contribution in [0.3, 0.4) is 0 Å². The van der Waals surface area contributed by atoms with E-state index < -0.39 is 11.4 Å². The van der Waals surface area contributed by atoms with Crippen molar-refractivity contribution < 1.29 is 4.79 Å². The summed E-state index contributed by atoms with van der Waals surface area (Å²) in [6.45, 7) is 3.84. The van der Waals surface area contributed by atoms with Gasteiger partial charge in [-0.2, -0.15) is 10.4 Å². The van der Waals surface area contributed by atoms with Crippen LogP contribution in [0.2, 0.25) is 0 Å². The minimum Gasteiger partial charge on any atom is -0.382 e. The Morgan fingerprint density at radius 1 is 1.55 bits per heavy atom. The van der Waals surface area contributed by atoms with Crippen molar-refractivity contribution >= 4 is 23.1 Å². The number of benzene rings is 1. The molecule has 2 rings (SSSR count). The second kappa shape index (κ2) is 4.66. The predicted molar refractivity (Wildman–Crippen MR) is 75.5 cm³/mol. The van der Waals surface area contributed by atoms with E-state index in [1.807, 2.05) is 19.9 Å². The number of nitriles is 1. The van der Waals surface area contributed by atoms with Gasteiger partial charge in [-0.25, -0.2) is 0 Å². The van der Waals surface area contributed by atoms with Crippen molar-refractivity contribution in [2.75, 3.05) is 5.43 Å². The van der Waals surface area contributed by atoms with Crippen LogP contribution in [0.5, 0.6) is 0 Å². The van der Waals surface area contributed by atoms with Crippen LogP contribution in [0.4, 0.5) is 5.69 Å². The van der Waals surface area contributed by atoms with E-state index in [2.05, 4.69) is 15.8 Å². The van der Waals surface area contributed by atoms with Crippen LogP contribution in [0.1, 0.15) is 29.8 Å². The maximum Gasteiger partial charge on any atom is 0.252 e. The number of hydrogen-bond donors (Lipinski definition) is 4. The van der Waals surface area contributed by atoms with Gasteiger partial charge in [-0.1, -0.05) is 6.07 Å². The van der Waals surface area contributed by atoms with Gasteiger partial charge in [-0.05, 0) is 31.5 Å². The molecule has 1 aliphatic heterocycles. The molecule has 0 saturated heterocycles. The van der Waals surface area contributed by atoms with Crippen LogP contribution in [-0.4, -0.2) is 17.5 Å². The van der Waals surface area contributed by atoms with Crippen LogP contribution < -0.4 is 16.5 Å². The van der Waals surface area contributed by atoms with E-state index in [1.165, 1.54) is 0 Å². The molecule has 0 spiro atoms. The zero-order valence-corrected chi connectivity index (χ0v) is 11.1. The molecule has 5 N–H and O–H groups in total. The molecule has 1 aromatic rings. The first kappa shape index (κ1) is 13.5. The normalized spacial score (nSPS) is 16.1. The summed E-state index contributed by atoms with van der Waals surface area (Å²) < 4.78 is 0. The Balaban J connectivity index is 2.31. The monoisotopic (exact) mass is 270 g/mol. The number of nitrogens with two attached hydrogens (primary N) is 1. The molecule has 0 atom stereocenters. The smallest absolute Gasteiger partial charge is 0.252 e. The Hall–Kier alpha value is -2.88. The molecular weight excluding hydrogens is 256 g/mol. The summed E-state index contributed by atoms with van der Waals surface area (Å²) in [5.41, 5.74) is 9.21. The Labute approximate surface area is 116 Å². The molecule has 1 heterocycles. The fraction of sp³-hybridized carbons (Fsp3) is 0.231. The van der Waals surface area contributed by atoms with Gasteiger partial charge < -0.3 is 11.1 Å². The second-order valence-corrected chi connectivity index (χ2v) is 4.94. The fourth-order valence-corrected chi connectivity index (χ4v) is 2.03. The molecule has 1 amide bonds. The van der Waals surface area contributed by atoms with Gasteiger partial charge in [0.2, 0.25) is 5.71 Å². The Morgan fingerprint density at radius 3 is 2.85 bits per heavy atom. The van der Waals surface area contributed by atoms with Crippen LogP contribution in [0.15, 0.2) is 23.3 Å². The third kappa shape index (κ3) is 2.31. The molecular formula is C13H14N6O. The minimum atomic E-state index is -0.417. The van der Waals surface area contributed by atoms with Gasteiger partial charge in [0, 0.05) is 5.56 Å². The number of nitrogens with one attached hydrogen (secondary N) is 3. The number of rotatable bonds is 3. The van der Waals surface area contributed by atoms with E-state index in [0.29, 0.717) is 11.3 Å². The molecule has 7 heteroatoms. The summed E-state index contributed by atoms with van der Waals surface area (Å²) in [5.74, 6) is -0.565. The molecule has 0 aliphatic carbocycles. The van der Waals surface area contributed by atoms with E-state index in [0.717, 1.165) is 5.56 Å². The summed E-state index contributed by atoms with van der Waals surface area (Å²) in [6, 6.07) is 6.93. The van der Waals surface area contributed by atoms with Crippen molar-refractivity contribution in [3.8, 4) is 6.07 Å². The topological polar surface area (TPSA) is 127 Å². The van der Waals surface area contributed by atoms with Crippen molar-refractivity contribution in [1.29, 1.82) is 10.7 Å². The first-order chi connectivity index (χ1) is 9.35. The number of hydrogen-bond acceptors (Lipinski definition) is 5. The van der Waals surface area contributed by atoms with Crippen LogP contribution >= 0.6 is 0 Å². The molecule has 0 saturated carbocycles. The molecule has 0 unspecified atom stereocenters. The average Bonchev–Trinajstić information content (AvgIpc) is 2.60. The summed E-state index contributed by atoms with van der Waals surface area (Å²) in [6.07, 6.45) is 0. The summed E-state index contributed by atoms with van der Waals surface area (Å²) in [5, 5.41) is 22.5. The Kier molecular flexibility index (Phi) is 3.16. The van der Waals surface area contributed by atoms with E-state index in [-0.39, 0.29) is 11.6 Å². The number of carbonyl (C=O) groups excluding carboxylic acids is 1. The first-order valence-electron chi connectivity index (χ1n) is 5.90. The number of amides is 1. The lowest BCUT2D eigenvalue weighted by Crippen LogP contribution is -2.32. The standard InChI is InChI=1S/C13H14N6O/c1-13(2)9-4-3-7(5-8(9)12(20)17-13)18-19-10(6-14)11(15)16/h3-5,18H,1-2H3,(H3,15,16)(H,17,20)/b19-10+. The highest BCUT2D eigenvalue weighted by atomic mass is 16.2. The van der Waals surface area contributed by atoms with Crippen molar-refractivity contribution in [2.24, 2.45) is 10.8 Å². The summed E-state index contributed by atoms with van der Waals surface area (Å²) >= 11 is 0. The van der Waals surface area contributed by atoms with E-state index in [1.54, 1.807) is 18.2 Å². The summed E-state index contributed by atoms with van der Waals surface area (Å²) in [7, 11) is 0. The fourth-order valence-electron chi connectivity index (χ4n) is 2.03. The molecule has 7 nitrogen and oxygen atoms in total. The lowest BCUT2D eigenvalue weighted by atomic mass is 9.94. The molecule has 1 aromatic carbocycles. The van der Waals surface area contributed by atoms with Gasteiger partial charge in [-0.3, -0.25) is 15.6 Å². The maximum atomic E-state index is 11.9. The van der Waals surface area contributed by atoms with Gasteiger partial charge in [-0.15, -0.1) is 0 Å². The highest BCUT2D eigenvalue weighted by Crippen LogP contribution is 2.32. The highest BCUT2D eigenvalue weighted by Gasteiger charge is 2.34. The zero-order valence-electron chi connectivity index (χ0n) is 11.1. The van der Waals surface area contributed by atoms with Crippen molar-refractivity contribution in [1.82, 2.24) is 5.32 Å². The molecule has 0 radical (unpaired) electrons. The minimum absolute atomic E-state index is 0.148. The van der Waals surface area contributed by atoms with Crippen LogP contribution in [0.25, 0.3) is 0 Å². The SMILES string of the molecule is CC1(C)NC(=O)c2cc(N/N=C(\C#N)C(=N)N)ccc21. The van der Waals surface area contributed by atoms with Gasteiger partial charge in [0.25, 0.3) is 5.91 Å². The van der Waals surface area contributed by atoms with E-state index >= 15 is 0 Å². The number of carbonyl (C=O) groups is 1. The van der Waals surface area contributed by atoms with Gasteiger partial charge >= 0.3 is 0 Å². The quantitative estimate of drug-likeness (QED) is 0.369. The van der Waals surface area contributed by atoms with Crippen LogP contribution in [0, 0.1) is 16.7 Å². The molecule has 0 bridgehead atoms. The Bertz CT molecular complexity index is 668. The van der Waals surface area contributed by atoms with Gasteiger partial charge in [0.15, 0.2) is 5.84 Å². The summed E-state index contributed by atoms with van der Waals surface area (Å²) in [4.78, 5) is 11.9. The Morgan fingerprint density at radius 2 is 2.25 bits per heavy atom. The van der Waals surface area contributed by atoms with Crippen LogP contribution in [-0.2, 0) is 5.54 Å². The van der Waals surface area contributed by atoms with Gasteiger partial charge in [0.1, 0.15) is 6.07 Å². The van der Waals surface area contributed by atoms with Crippen molar-refractivity contribution in [3.05, 3.63) is 29.3 Å². The predicted octanol–water partition coefficient (Wildman–Crippen LogP) is 0.893. The van der Waals surface area contributed by atoms with Gasteiger partial charge in [0.05, 0.1) is 11.2 Å². The number of nitrogens with zero attached hydrogens (tertiary/aromatic N) is 2. The first-order valence-corrected chi connectivity index (χ1v) is 5.90. The number of fused-ring (bicyclic) bond motifs is 1. The average molecular weight is 270 g/mol. The zero-order chi connectivity index (χ0) is 14.9. The van der Waals surface area contributed by atoms with E-state index in [4.69, 9.17) is 16.4 Å². The number of hydrazone groups is 1. The molecule has 0 aromatic heterocycles. The lowest BCUT2D eigenvalue weighted by molar-refractivity contribution is 0.0940. The lowest BCUT2D eigenvalue weighted by Gasteiger charge is -2.18. The molecule has 102 valence electrons. The largest absolute Gasteiger partial charge is 0.382 e. The molecule has 0 fully saturated rings. The van der Waals surface area contributed by atoms with Crippen molar-refractivity contribution in [3.63, 3.8) is 0 Å². The third-order valence-corrected chi connectivity index (χ3v) is 3.02. The van der Waals surface area contributed by atoms with E-state index in [9.17, 15) is 4.79 Å². The third-order valence-electron chi connectivity index (χ3n) is 3.02.